The standard InChI is InChI=1S/C13H19BrFN/c1-11-5-6-13(15)9-12(11)10-16-8-4-2-3-7-14/h5-6,9,16H,2-4,7-8,10H2,1H3. The van der Waals surface area contributed by atoms with Gasteiger partial charge in [-0.25, -0.2) is 4.39 Å². The lowest BCUT2D eigenvalue weighted by Crippen LogP contribution is -2.15. The molecule has 0 radical (unpaired) electrons. The average Bonchev–Trinajstić information content (AvgIpc) is 2.28. The topological polar surface area (TPSA) is 12.0 Å². The van der Waals surface area contributed by atoms with Crippen molar-refractivity contribution in [3.8, 4) is 0 Å². The Morgan fingerprint density at radius 2 is 2.06 bits per heavy atom. The lowest BCUT2D eigenvalue weighted by Gasteiger charge is -2.07. The van der Waals surface area contributed by atoms with Crippen molar-refractivity contribution in [1.29, 1.82) is 0 Å². The highest BCUT2D eigenvalue weighted by Crippen LogP contribution is 2.09. The van der Waals surface area contributed by atoms with Crippen molar-refractivity contribution in [3.63, 3.8) is 0 Å². The van der Waals surface area contributed by atoms with Crippen molar-refractivity contribution in [3.05, 3.63) is 35.1 Å². The van der Waals surface area contributed by atoms with E-state index < -0.39 is 0 Å². The van der Waals surface area contributed by atoms with Crippen molar-refractivity contribution >= 4 is 15.9 Å². The van der Waals surface area contributed by atoms with Gasteiger partial charge in [0.05, 0.1) is 0 Å². The second kappa shape index (κ2) is 7.80. The second-order valence-corrected chi connectivity index (χ2v) is 4.79. The Balaban J connectivity index is 2.23. The number of unbranched alkanes of at least 4 members (excludes halogenated alkanes) is 2. The molecule has 0 aliphatic carbocycles. The zero-order valence-corrected chi connectivity index (χ0v) is 11.3. The van der Waals surface area contributed by atoms with Gasteiger partial charge in [-0.1, -0.05) is 28.4 Å². The fraction of sp³-hybridized carbons (Fsp3) is 0.538. The summed E-state index contributed by atoms with van der Waals surface area (Å²) in [5.74, 6) is -0.151. The molecule has 0 heterocycles. The van der Waals surface area contributed by atoms with E-state index in [-0.39, 0.29) is 5.82 Å². The molecular weight excluding hydrogens is 269 g/mol. The van der Waals surface area contributed by atoms with Gasteiger partial charge in [-0.3, -0.25) is 0 Å². The fourth-order valence-electron chi connectivity index (χ4n) is 1.57. The van der Waals surface area contributed by atoms with Crippen molar-refractivity contribution in [2.45, 2.75) is 32.7 Å². The molecule has 0 aliphatic rings. The first kappa shape index (κ1) is 13.7. The zero-order valence-electron chi connectivity index (χ0n) is 9.73. The minimum absolute atomic E-state index is 0.151. The first-order valence-electron chi connectivity index (χ1n) is 5.75. The summed E-state index contributed by atoms with van der Waals surface area (Å²) in [4.78, 5) is 0. The first-order chi connectivity index (χ1) is 7.74. The van der Waals surface area contributed by atoms with Crippen molar-refractivity contribution in [2.24, 2.45) is 0 Å². The summed E-state index contributed by atoms with van der Waals surface area (Å²) in [7, 11) is 0. The van der Waals surface area contributed by atoms with E-state index in [1.165, 1.54) is 25.3 Å². The summed E-state index contributed by atoms with van der Waals surface area (Å²) in [5, 5.41) is 4.43. The largest absolute Gasteiger partial charge is 0.313 e. The van der Waals surface area contributed by atoms with Crippen LogP contribution in [-0.2, 0) is 6.54 Å². The Bertz CT molecular complexity index is 315. The maximum absolute atomic E-state index is 13.0. The Labute approximate surface area is 106 Å². The molecular formula is C13H19BrFN. The third-order valence-electron chi connectivity index (χ3n) is 2.61. The maximum Gasteiger partial charge on any atom is 0.123 e. The molecule has 0 fully saturated rings. The number of rotatable bonds is 7. The van der Waals surface area contributed by atoms with Crippen LogP contribution in [0.1, 0.15) is 30.4 Å². The fourth-order valence-corrected chi connectivity index (χ4v) is 1.97. The van der Waals surface area contributed by atoms with Crippen LogP contribution in [0.3, 0.4) is 0 Å². The van der Waals surface area contributed by atoms with Crippen LogP contribution in [0.4, 0.5) is 4.39 Å². The van der Waals surface area contributed by atoms with Crippen LogP contribution in [-0.4, -0.2) is 11.9 Å². The lowest BCUT2D eigenvalue weighted by atomic mass is 10.1. The van der Waals surface area contributed by atoms with Crippen LogP contribution in [0.2, 0.25) is 0 Å². The number of halogens is 2. The van der Waals surface area contributed by atoms with E-state index in [9.17, 15) is 4.39 Å². The van der Waals surface area contributed by atoms with Gasteiger partial charge >= 0.3 is 0 Å². The lowest BCUT2D eigenvalue weighted by molar-refractivity contribution is 0.604. The monoisotopic (exact) mass is 287 g/mol. The predicted octanol–water partition coefficient (Wildman–Crippen LogP) is 3.79. The number of hydrogen-bond donors (Lipinski definition) is 1. The van der Waals surface area contributed by atoms with E-state index in [1.807, 2.05) is 13.0 Å². The van der Waals surface area contributed by atoms with Gasteiger partial charge in [-0.05, 0) is 49.6 Å². The third kappa shape index (κ3) is 5.08. The van der Waals surface area contributed by atoms with Gasteiger partial charge in [0.15, 0.2) is 0 Å². The molecule has 0 atom stereocenters. The highest BCUT2D eigenvalue weighted by atomic mass is 79.9. The summed E-state index contributed by atoms with van der Waals surface area (Å²) < 4.78 is 13.0. The van der Waals surface area contributed by atoms with Gasteiger partial charge in [0.25, 0.3) is 0 Å². The smallest absolute Gasteiger partial charge is 0.123 e. The molecule has 0 bridgehead atoms. The molecule has 0 saturated carbocycles. The molecule has 1 aromatic carbocycles. The minimum Gasteiger partial charge on any atom is -0.313 e. The Hall–Kier alpha value is -0.410. The Morgan fingerprint density at radius 3 is 2.81 bits per heavy atom. The third-order valence-corrected chi connectivity index (χ3v) is 3.17. The van der Waals surface area contributed by atoms with E-state index in [2.05, 4.69) is 21.2 Å². The summed E-state index contributed by atoms with van der Waals surface area (Å²) in [5.41, 5.74) is 2.20. The first-order valence-corrected chi connectivity index (χ1v) is 6.88. The van der Waals surface area contributed by atoms with Gasteiger partial charge in [0.1, 0.15) is 5.82 Å². The minimum atomic E-state index is -0.151. The number of hydrogen-bond acceptors (Lipinski definition) is 1. The molecule has 0 spiro atoms. The normalized spacial score (nSPS) is 10.7. The number of nitrogens with one attached hydrogen (secondary N) is 1. The molecule has 1 N–H and O–H groups in total. The zero-order chi connectivity index (χ0) is 11.8. The molecule has 1 nitrogen and oxygen atoms in total. The summed E-state index contributed by atoms with van der Waals surface area (Å²) in [6, 6.07) is 4.95. The summed E-state index contributed by atoms with van der Waals surface area (Å²) in [6.45, 7) is 3.78. The van der Waals surface area contributed by atoms with Crippen LogP contribution in [0.5, 0.6) is 0 Å². The summed E-state index contributed by atoms with van der Waals surface area (Å²) >= 11 is 3.41. The molecule has 16 heavy (non-hydrogen) atoms. The van der Waals surface area contributed by atoms with Crippen LogP contribution >= 0.6 is 15.9 Å². The quantitative estimate of drug-likeness (QED) is 0.594. The second-order valence-electron chi connectivity index (χ2n) is 4.00. The predicted molar refractivity (Wildman–Crippen MR) is 70.5 cm³/mol. The van der Waals surface area contributed by atoms with Crippen molar-refractivity contribution in [1.82, 2.24) is 5.32 Å². The SMILES string of the molecule is Cc1ccc(F)cc1CNCCCCCBr. The molecule has 1 rings (SSSR count). The van der Waals surface area contributed by atoms with Gasteiger partial charge in [-0.2, -0.15) is 0 Å². The Morgan fingerprint density at radius 1 is 1.25 bits per heavy atom. The molecule has 90 valence electrons. The van der Waals surface area contributed by atoms with Crippen molar-refractivity contribution in [2.75, 3.05) is 11.9 Å². The molecule has 3 heteroatoms. The number of alkyl halides is 1. The van der Waals surface area contributed by atoms with Crippen molar-refractivity contribution < 1.29 is 4.39 Å². The molecule has 0 aliphatic heterocycles. The number of aryl methyl sites for hydroxylation is 1. The average molecular weight is 288 g/mol. The molecule has 0 aromatic heterocycles. The maximum atomic E-state index is 13.0. The molecule has 0 unspecified atom stereocenters. The molecule has 0 saturated heterocycles. The van der Waals surface area contributed by atoms with Crippen LogP contribution in [0.15, 0.2) is 18.2 Å². The van der Waals surface area contributed by atoms with E-state index in [0.29, 0.717) is 0 Å². The number of benzene rings is 1. The Kier molecular flexibility index (Phi) is 6.65. The highest BCUT2D eigenvalue weighted by Gasteiger charge is 1.99. The highest BCUT2D eigenvalue weighted by molar-refractivity contribution is 9.09. The molecule has 1 aromatic rings. The van der Waals surface area contributed by atoms with E-state index in [1.54, 1.807) is 6.07 Å². The van der Waals surface area contributed by atoms with Gasteiger partial charge in [-0.15, -0.1) is 0 Å². The van der Waals surface area contributed by atoms with Crippen LogP contribution in [0, 0.1) is 12.7 Å². The van der Waals surface area contributed by atoms with E-state index in [0.717, 1.165) is 29.5 Å². The van der Waals surface area contributed by atoms with Gasteiger partial charge in [0.2, 0.25) is 0 Å². The molecule has 0 amide bonds. The van der Waals surface area contributed by atoms with Gasteiger partial charge in [0, 0.05) is 11.9 Å². The van der Waals surface area contributed by atoms with E-state index >= 15 is 0 Å². The summed E-state index contributed by atoms with van der Waals surface area (Å²) in [6.07, 6.45) is 3.64. The van der Waals surface area contributed by atoms with E-state index in [4.69, 9.17) is 0 Å². The van der Waals surface area contributed by atoms with Gasteiger partial charge < -0.3 is 5.32 Å². The van der Waals surface area contributed by atoms with Crippen LogP contribution in [0.25, 0.3) is 0 Å². The van der Waals surface area contributed by atoms with Crippen LogP contribution < -0.4 is 5.32 Å².